The number of halogens is 2. The Kier molecular flexibility index (Phi) is 5.36. The smallest absolute Gasteiger partial charge is 0.349 e. The predicted octanol–water partition coefficient (Wildman–Crippen LogP) is 4.88. The molecule has 0 saturated carbocycles. The summed E-state index contributed by atoms with van der Waals surface area (Å²) >= 11 is 4.39. The average Bonchev–Trinajstić information content (AvgIpc) is 2.81. The van der Waals surface area contributed by atoms with Crippen LogP contribution in [0.15, 0.2) is 28.7 Å². The Bertz CT molecular complexity index is 654. The zero-order valence-electron chi connectivity index (χ0n) is 11.4. The Morgan fingerprint density at radius 2 is 2.19 bits per heavy atom. The van der Waals surface area contributed by atoms with Gasteiger partial charge in [-0.1, -0.05) is 35.3 Å². The van der Waals surface area contributed by atoms with Crippen LogP contribution in [0.2, 0.25) is 0 Å². The van der Waals surface area contributed by atoms with Gasteiger partial charge in [-0.2, -0.15) is 0 Å². The summed E-state index contributed by atoms with van der Waals surface area (Å²) < 4.78 is 19.9. The van der Waals surface area contributed by atoms with Gasteiger partial charge in [0.2, 0.25) is 0 Å². The van der Waals surface area contributed by atoms with Crippen molar-refractivity contribution in [3.8, 4) is 5.75 Å². The maximum Gasteiger partial charge on any atom is 0.349 e. The topological polar surface area (TPSA) is 46.5 Å². The van der Waals surface area contributed by atoms with Crippen LogP contribution in [0.3, 0.4) is 0 Å². The van der Waals surface area contributed by atoms with Crippen molar-refractivity contribution in [3.63, 3.8) is 0 Å². The molecule has 1 N–H and O–H groups in total. The third kappa shape index (κ3) is 4.04. The number of carboxylic acids is 1. The van der Waals surface area contributed by atoms with Gasteiger partial charge < -0.3 is 9.84 Å². The first-order valence-corrected chi connectivity index (χ1v) is 8.05. The van der Waals surface area contributed by atoms with E-state index < -0.39 is 5.97 Å². The van der Waals surface area contributed by atoms with Gasteiger partial charge >= 0.3 is 5.97 Å². The second kappa shape index (κ2) is 7.04. The lowest BCUT2D eigenvalue weighted by molar-refractivity contribution is 0.0697. The van der Waals surface area contributed by atoms with Crippen molar-refractivity contribution in [2.24, 2.45) is 0 Å². The molecule has 6 heteroatoms. The molecule has 1 aromatic heterocycles. The third-order valence-electron chi connectivity index (χ3n) is 2.84. The molecule has 0 unspecified atom stereocenters. The van der Waals surface area contributed by atoms with Crippen LogP contribution in [0, 0.1) is 5.82 Å². The number of ether oxygens (including phenoxy) is 1. The highest BCUT2D eigenvalue weighted by molar-refractivity contribution is 9.10. The number of carbonyl (C=O) groups is 1. The number of rotatable bonds is 6. The molecule has 2 rings (SSSR count). The van der Waals surface area contributed by atoms with Gasteiger partial charge in [0.1, 0.15) is 18.2 Å². The van der Waals surface area contributed by atoms with Gasteiger partial charge in [-0.15, -0.1) is 11.3 Å². The van der Waals surface area contributed by atoms with E-state index in [1.807, 2.05) is 6.92 Å². The van der Waals surface area contributed by atoms with Gasteiger partial charge in [0, 0.05) is 14.9 Å². The van der Waals surface area contributed by atoms with Crippen LogP contribution in [-0.2, 0) is 13.0 Å². The fourth-order valence-electron chi connectivity index (χ4n) is 1.84. The van der Waals surface area contributed by atoms with Crippen molar-refractivity contribution in [1.82, 2.24) is 0 Å². The highest BCUT2D eigenvalue weighted by Crippen LogP contribution is 2.31. The molecule has 0 fully saturated rings. The van der Waals surface area contributed by atoms with Gasteiger partial charge in [-0.25, -0.2) is 9.18 Å². The van der Waals surface area contributed by atoms with Crippen molar-refractivity contribution in [1.29, 1.82) is 0 Å². The molecule has 0 aliphatic heterocycles. The van der Waals surface area contributed by atoms with E-state index in [1.165, 1.54) is 17.4 Å². The van der Waals surface area contributed by atoms with Crippen molar-refractivity contribution >= 4 is 33.2 Å². The molecule has 21 heavy (non-hydrogen) atoms. The van der Waals surface area contributed by atoms with Gasteiger partial charge in [-0.05, 0) is 24.6 Å². The Labute approximate surface area is 134 Å². The summed E-state index contributed by atoms with van der Waals surface area (Å²) in [5.41, 5.74) is 0.387. The molecule has 1 aromatic carbocycles. The summed E-state index contributed by atoms with van der Waals surface area (Å²) in [6, 6.07) is 6.41. The molecule has 112 valence electrons. The normalized spacial score (nSPS) is 10.6. The highest BCUT2D eigenvalue weighted by atomic mass is 79.9. The summed E-state index contributed by atoms with van der Waals surface area (Å²) in [4.78, 5) is 12.3. The van der Waals surface area contributed by atoms with Gasteiger partial charge in [0.25, 0.3) is 0 Å². The number of hydrogen-bond acceptors (Lipinski definition) is 3. The van der Waals surface area contributed by atoms with E-state index in [0.29, 0.717) is 15.8 Å². The molecular formula is C15H14BrFO3S. The SMILES string of the molecule is CCCc1cc(OCc2ccc(Br)cc2F)c(C(=O)O)s1. The Hall–Kier alpha value is -1.40. The van der Waals surface area contributed by atoms with Crippen molar-refractivity contribution in [3.05, 3.63) is 49.9 Å². The summed E-state index contributed by atoms with van der Waals surface area (Å²) in [6.07, 6.45) is 1.74. The minimum absolute atomic E-state index is 0.00168. The first kappa shape index (κ1) is 16.0. The van der Waals surface area contributed by atoms with E-state index in [2.05, 4.69) is 15.9 Å². The van der Waals surface area contributed by atoms with E-state index in [9.17, 15) is 14.3 Å². The lowest BCUT2D eigenvalue weighted by Gasteiger charge is -2.06. The van der Waals surface area contributed by atoms with E-state index in [4.69, 9.17) is 4.74 Å². The molecule has 0 aliphatic carbocycles. The molecule has 3 nitrogen and oxygen atoms in total. The first-order valence-electron chi connectivity index (χ1n) is 6.44. The highest BCUT2D eigenvalue weighted by Gasteiger charge is 2.17. The summed E-state index contributed by atoms with van der Waals surface area (Å²) in [5, 5.41) is 9.19. The largest absolute Gasteiger partial charge is 0.487 e. The molecule has 0 saturated heterocycles. The van der Waals surface area contributed by atoms with Crippen LogP contribution < -0.4 is 4.74 Å². The number of thiophene rings is 1. The lowest BCUT2D eigenvalue weighted by atomic mass is 10.2. The monoisotopic (exact) mass is 372 g/mol. The number of benzene rings is 1. The molecule has 0 atom stereocenters. The molecule has 0 bridgehead atoms. The quantitative estimate of drug-likeness (QED) is 0.785. The Morgan fingerprint density at radius 3 is 2.81 bits per heavy atom. The minimum Gasteiger partial charge on any atom is -0.487 e. The van der Waals surface area contributed by atoms with Gasteiger partial charge in [0.05, 0.1) is 0 Å². The van der Waals surface area contributed by atoms with Crippen LogP contribution in [0.25, 0.3) is 0 Å². The Balaban J connectivity index is 2.16. The summed E-state index contributed by atoms with van der Waals surface area (Å²) in [7, 11) is 0. The molecular weight excluding hydrogens is 359 g/mol. The van der Waals surface area contributed by atoms with E-state index in [1.54, 1.807) is 18.2 Å². The van der Waals surface area contributed by atoms with E-state index in [0.717, 1.165) is 17.7 Å². The molecule has 0 amide bonds. The number of aryl methyl sites for hydroxylation is 1. The standard InChI is InChI=1S/C15H14BrFO3S/c1-2-3-11-7-13(14(21-11)15(18)19)20-8-9-4-5-10(16)6-12(9)17/h4-7H,2-3,8H2,1H3,(H,18,19). The van der Waals surface area contributed by atoms with Gasteiger partial charge in [-0.3, -0.25) is 0 Å². The van der Waals surface area contributed by atoms with Gasteiger partial charge in [0.15, 0.2) is 4.88 Å². The lowest BCUT2D eigenvalue weighted by Crippen LogP contribution is -2.01. The average molecular weight is 373 g/mol. The van der Waals surface area contributed by atoms with Crippen LogP contribution in [0.1, 0.15) is 33.5 Å². The van der Waals surface area contributed by atoms with Crippen molar-refractivity contribution < 1.29 is 19.0 Å². The minimum atomic E-state index is -1.02. The zero-order valence-corrected chi connectivity index (χ0v) is 13.8. The fourth-order valence-corrected chi connectivity index (χ4v) is 3.22. The first-order chi connectivity index (χ1) is 10.0. The second-order valence-electron chi connectivity index (χ2n) is 4.49. The molecule has 0 aliphatic rings. The number of hydrogen-bond donors (Lipinski definition) is 1. The van der Waals surface area contributed by atoms with Crippen LogP contribution in [0.4, 0.5) is 4.39 Å². The molecule has 2 aromatic rings. The summed E-state index contributed by atoms with van der Waals surface area (Å²) in [6.45, 7) is 2.03. The summed E-state index contributed by atoms with van der Waals surface area (Å²) in [5.74, 6) is -1.10. The van der Waals surface area contributed by atoms with E-state index >= 15 is 0 Å². The van der Waals surface area contributed by atoms with Crippen LogP contribution in [0.5, 0.6) is 5.75 Å². The second-order valence-corrected chi connectivity index (χ2v) is 6.54. The Morgan fingerprint density at radius 1 is 1.43 bits per heavy atom. The van der Waals surface area contributed by atoms with Crippen molar-refractivity contribution in [2.45, 2.75) is 26.4 Å². The molecule has 0 radical (unpaired) electrons. The van der Waals surface area contributed by atoms with E-state index in [-0.39, 0.29) is 17.3 Å². The van der Waals surface area contributed by atoms with Crippen LogP contribution >= 0.6 is 27.3 Å². The third-order valence-corrected chi connectivity index (χ3v) is 4.50. The molecule has 1 heterocycles. The fraction of sp³-hybridized carbons (Fsp3) is 0.267. The zero-order chi connectivity index (χ0) is 15.4. The van der Waals surface area contributed by atoms with Crippen molar-refractivity contribution in [2.75, 3.05) is 0 Å². The maximum absolute atomic E-state index is 13.7. The maximum atomic E-state index is 13.7. The van der Waals surface area contributed by atoms with Crippen LogP contribution in [-0.4, -0.2) is 11.1 Å². The number of aromatic carboxylic acids is 1. The predicted molar refractivity (Wildman–Crippen MR) is 83.7 cm³/mol. The number of carboxylic acid groups (broad SMARTS) is 1. The molecule has 0 spiro atoms.